The molecule has 19 heavy (non-hydrogen) atoms. The lowest BCUT2D eigenvalue weighted by Crippen LogP contribution is -1.96. The number of benzene rings is 1. The van der Waals surface area contributed by atoms with Gasteiger partial charge in [-0.2, -0.15) is 0 Å². The molecular weight excluding hydrogens is 258 g/mol. The van der Waals surface area contributed by atoms with Crippen LogP contribution in [0.1, 0.15) is 36.0 Å². The van der Waals surface area contributed by atoms with Crippen LogP contribution in [0.15, 0.2) is 37.1 Å². The number of halogens is 1. The fourth-order valence-corrected chi connectivity index (χ4v) is 2.49. The average Bonchev–Trinajstić information content (AvgIpc) is 2.76. The number of carbonyl (C=O) groups is 1. The number of aldehydes is 1. The third-order valence-electron chi connectivity index (χ3n) is 3.31. The molecule has 100 valence electrons. The number of carbonyl (C=O) groups excluding carboxylic acids is 1. The zero-order valence-corrected chi connectivity index (χ0v) is 11.7. The number of rotatable bonds is 7. The first-order valence-corrected chi connectivity index (χ1v) is 6.98. The van der Waals surface area contributed by atoms with Gasteiger partial charge in [0.25, 0.3) is 0 Å². The zero-order chi connectivity index (χ0) is 13.7. The van der Waals surface area contributed by atoms with E-state index in [2.05, 4.69) is 11.1 Å². The topological polar surface area (TPSA) is 22.0 Å². The standard InChI is InChI=1S/C16H18ClNO/c1-2-3-4-5-6-9-18-11-13(12-19)15-8-7-14(17)10-16(15)18/h2,7-8,10-12H,1,3-6,9H2. The van der Waals surface area contributed by atoms with Crippen LogP contribution < -0.4 is 0 Å². The average molecular weight is 276 g/mol. The summed E-state index contributed by atoms with van der Waals surface area (Å²) in [5.41, 5.74) is 1.77. The van der Waals surface area contributed by atoms with Gasteiger partial charge in [0, 0.05) is 28.7 Å². The summed E-state index contributed by atoms with van der Waals surface area (Å²) in [5, 5.41) is 1.68. The van der Waals surface area contributed by atoms with Crippen LogP contribution in [0.3, 0.4) is 0 Å². The molecule has 1 heterocycles. The van der Waals surface area contributed by atoms with E-state index in [4.69, 9.17) is 11.6 Å². The molecular formula is C16H18ClNO. The molecule has 0 amide bonds. The second-order valence-electron chi connectivity index (χ2n) is 4.70. The van der Waals surface area contributed by atoms with Crippen LogP contribution in [0.25, 0.3) is 10.9 Å². The van der Waals surface area contributed by atoms with Crippen molar-refractivity contribution in [2.75, 3.05) is 0 Å². The molecule has 0 aliphatic heterocycles. The summed E-state index contributed by atoms with van der Waals surface area (Å²) in [5.74, 6) is 0. The Kier molecular flexibility index (Phi) is 4.80. The van der Waals surface area contributed by atoms with E-state index in [1.54, 1.807) is 0 Å². The van der Waals surface area contributed by atoms with E-state index >= 15 is 0 Å². The Morgan fingerprint density at radius 3 is 2.84 bits per heavy atom. The van der Waals surface area contributed by atoms with Gasteiger partial charge in [-0.15, -0.1) is 6.58 Å². The Bertz CT molecular complexity index is 586. The van der Waals surface area contributed by atoms with Gasteiger partial charge in [0.05, 0.1) is 5.52 Å². The molecule has 2 aromatic rings. The summed E-state index contributed by atoms with van der Waals surface area (Å²) in [6.45, 7) is 4.64. The molecule has 2 nitrogen and oxygen atoms in total. The second-order valence-corrected chi connectivity index (χ2v) is 5.13. The van der Waals surface area contributed by atoms with Crippen molar-refractivity contribution in [1.29, 1.82) is 0 Å². The maximum atomic E-state index is 11.1. The Morgan fingerprint density at radius 1 is 1.26 bits per heavy atom. The van der Waals surface area contributed by atoms with E-state index in [-0.39, 0.29) is 0 Å². The second kappa shape index (κ2) is 6.58. The number of aromatic nitrogens is 1. The van der Waals surface area contributed by atoms with E-state index in [0.29, 0.717) is 5.02 Å². The summed E-state index contributed by atoms with van der Waals surface area (Å²) in [4.78, 5) is 11.1. The SMILES string of the molecule is C=CCCCCCn1cc(C=O)c2ccc(Cl)cc21. The molecule has 0 atom stereocenters. The lowest BCUT2D eigenvalue weighted by molar-refractivity contribution is 0.112. The number of hydrogen-bond donors (Lipinski definition) is 0. The molecule has 0 aliphatic rings. The van der Waals surface area contributed by atoms with E-state index in [0.717, 1.165) is 42.1 Å². The van der Waals surface area contributed by atoms with Gasteiger partial charge in [0.15, 0.2) is 6.29 Å². The zero-order valence-electron chi connectivity index (χ0n) is 10.9. The molecule has 0 aliphatic carbocycles. The highest BCUT2D eigenvalue weighted by atomic mass is 35.5. The normalized spacial score (nSPS) is 10.8. The molecule has 0 N–H and O–H groups in total. The first-order valence-electron chi connectivity index (χ1n) is 6.60. The van der Waals surface area contributed by atoms with Crippen LogP contribution in [0, 0.1) is 0 Å². The fourth-order valence-electron chi connectivity index (χ4n) is 2.32. The molecule has 2 rings (SSSR count). The molecule has 0 radical (unpaired) electrons. The highest BCUT2D eigenvalue weighted by Gasteiger charge is 2.08. The number of unbranched alkanes of at least 4 members (excludes halogenated alkanes) is 3. The highest BCUT2D eigenvalue weighted by molar-refractivity contribution is 6.31. The van der Waals surface area contributed by atoms with E-state index in [9.17, 15) is 4.79 Å². The van der Waals surface area contributed by atoms with Crippen molar-refractivity contribution in [2.45, 2.75) is 32.2 Å². The van der Waals surface area contributed by atoms with Gasteiger partial charge in [-0.05, 0) is 31.4 Å². The van der Waals surface area contributed by atoms with Gasteiger partial charge in [-0.3, -0.25) is 4.79 Å². The van der Waals surface area contributed by atoms with E-state index in [1.165, 1.54) is 12.8 Å². The quantitative estimate of drug-likeness (QED) is 0.402. The van der Waals surface area contributed by atoms with Gasteiger partial charge in [-0.1, -0.05) is 30.2 Å². The van der Waals surface area contributed by atoms with Crippen molar-refractivity contribution in [3.63, 3.8) is 0 Å². The Labute approximate surface area is 118 Å². The number of allylic oxidation sites excluding steroid dienone is 1. The summed E-state index contributed by atoms with van der Waals surface area (Å²) >= 11 is 6.03. The molecule has 0 spiro atoms. The smallest absolute Gasteiger partial charge is 0.152 e. The van der Waals surface area contributed by atoms with E-state index in [1.807, 2.05) is 30.5 Å². The third-order valence-corrected chi connectivity index (χ3v) is 3.54. The summed E-state index contributed by atoms with van der Waals surface area (Å²) < 4.78 is 2.12. The van der Waals surface area contributed by atoms with Gasteiger partial charge < -0.3 is 4.57 Å². The van der Waals surface area contributed by atoms with Crippen LogP contribution in [-0.4, -0.2) is 10.9 Å². The minimum Gasteiger partial charge on any atom is -0.347 e. The number of aryl methyl sites for hydroxylation is 1. The number of hydrogen-bond acceptors (Lipinski definition) is 1. The van der Waals surface area contributed by atoms with Crippen molar-refractivity contribution in [2.24, 2.45) is 0 Å². The first kappa shape index (κ1) is 13.9. The Hall–Kier alpha value is -1.54. The molecule has 1 aromatic carbocycles. The van der Waals surface area contributed by atoms with Crippen LogP contribution >= 0.6 is 11.6 Å². The van der Waals surface area contributed by atoms with Gasteiger partial charge >= 0.3 is 0 Å². The fraction of sp³-hybridized carbons (Fsp3) is 0.312. The molecule has 0 bridgehead atoms. The lowest BCUT2D eigenvalue weighted by atomic mass is 10.2. The molecule has 0 saturated heterocycles. The molecule has 3 heteroatoms. The van der Waals surface area contributed by atoms with Crippen LogP contribution in [-0.2, 0) is 6.54 Å². The Morgan fingerprint density at radius 2 is 2.11 bits per heavy atom. The first-order chi connectivity index (χ1) is 9.26. The maximum Gasteiger partial charge on any atom is 0.152 e. The minimum atomic E-state index is 0.705. The maximum absolute atomic E-state index is 11.1. The predicted octanol–water partition coefficient (Wildman–Crippen LogP) is 4.85. The predicted molar refractivity (Wildman–Crippen MR) is 81.0 cm³/mol. The van der Waals surface area contributed by atoms with E-state index < -0.39 is 0 Å². The van der Waals surface area contributed by atoms with Crippen molar-refractivity contribution >= 4 is 28.8 Å². The molecule has 0 unspecified atom stereocenters. The van der Waals surface area contributed by atoms with Crippen molar-refractivity contribution < 1.29 is 4.79 Å². The monoisotopic (exact) mass is 275 g/mol. The van der Waals surface area contributed by atoms with Crippen molar-refractivity contribution in [3.8, 4) is 0 Å². The minimum absolute atomic E-state index is 0.705. The number of nitrogens with zero attached hydrogens (tertiary/aromatic N) is 1. The van der Waals surface area contributed by atoms with Crippen molar-refractivity contribution in [1.82, 2.24) is 4.57 Å². The summed E-state index contributed by atoms with van der Waals surface area (Å²) in [6, 6.07) is 5.66. The molecule has 0 fully saturated rings. The highest BCUT2D eigenvalue weighted by Crippen LogP contribution is 2.24. The lowest BCUT2D eigenvalue weighted by Gasteiger charge is -2.05. The third kappa shape index (κ3) is 3.27. The van der Waals surface area contributed by atoms with Crippen LogP contribution in [0.4, 0.5) is 0 Å². The number of fused-ring (bicyclic) bond motifs is 1. The van der Waals surface area contributed by atoms with Gasteiger partial charge in [-0.25, -0.2) is 0 Å². The van der Waals surface area contributed by atoms with Crippen LogP contribution in [0.5, 0.6) is 0 Å². The molecule has 1 aromatic heterocycles. The summed E-state index contributed by atoms with van der Waals surface area (Å²) in [7, 11) is 0. The van der Waals surface area contributed by atoms with Crippen molar-refractivity contribution in [3.05, 3.63) is 47.6 Å². The van der Waals surface area contributed by atoms with Gasteiger partial charge in [0.2, 0.25) is 0 Å². The summed E-state index contributed by atoms with van der Waals surface area (Å²) in [6.07, 6.45) is 9.29. The largest absolute Gasteiger partial charge is 0.347 e. The van der Waals surface area contributed by atoms with Gasteiger partial charge in [0.1, 0.15) is 0 Å². The Balaban J connectivity index is 2.15. The molecule has 0 saturated carbocycles. The van der Waals surface area contributed by atoms with Crippen LogP contribution in [0.2, 0.25) is 5.02 Å².